The fraction of sp³-hybridized carbons (Fsp3) is 0.200. The van der Waals surface area contributed by atoms with Crippen LogP contribution in [0.15, 0.2) is 17.2 Å². The summed E-state index contributed by atoms with van der Waals surface area (Å²) in [6.07, 6.45) is 1.85. The molecule has 0 atom stereocenters. The molecule has 13 heavy (non-hydrogen) atoms. The van der Waals surface area contributed by atoms with E-state index >= 15 is 0 Å². The van der Waals surface area contributed by atoms with Gasteiger partial charge in [-0.15, -0.1) is 22.0 Å². The van der Waals surface area contributed by atoms with E-state index in [1.54, 1.807) is 6.07 Å². The Bertz CT molecular complexity index is 325. The van der Waals surface area contributed by atoms with Crippen molar-refractivity contribution >= 4 is 30.3 Å². The molecule has 2 N–H and O–H groups in total. The molecule has 5 nitrogen and oxygen atoms in total. The molecule has 8 heteroatoms. The topological polar surface area (TPSA) is 75.5 Å². The first kappa shape index (κ1) is 10.9. The summed E-state index contributed by atoms with van der Waals surface area (Å²) in [4.78, 5) is 17.6. The van der Waals surface area contributed by atoms with Gasteiger partial charge in [0.1, 0.15) is 5.03 Å². The fourth-order valence-electron chi connectivity index (χ4n) is 0.587. The van der Waals surface area contributed by atoms with E-state index in [1.807, 2.05) is 6.26 Å². The number of hydrogen-bond donors (Lipinski definition) is 2. The maximum Gasteiger partial charge on any atom is 0.376 e. The fourth-order valence-corrected chi connectivity index (χ4v) is 1.48. The van der Waals surface area contributed by atoms with Gasteiger partial charge in [0, 0.05) is 17.9 Å². The van der Waals surface area contributed by atoms with Gasteiger partial charge >= 0.3 is 6.72 Å². The highest BCUT2D eigenvalue weighted by Gasteiger charge is 2.10. The van der Waals surface area contributed by atoms with Gasteiger partial charge in [0.25, 0.3) is 0 Å². The summed E-state index contributed by atoms with van der Waals surface area (Å²) < 4.78 is 4.56. The van der Waals surface area contributed by atoms with Crippen LogP contribution in [0.4, 0.5) is 0 Å². The zero-order valence-corrected chi connectivity index (χ0v) is 9.14. The van der Waals surface area contributed by atoms with Gasteiger partial charge in [0.2, 0.25) is 5.88 Å². The van der Waals surface area contributed by atoms with Crippen molar-refractivity contribution in [1.82, 2.24) is 10.2 Å². The smallest absolute Gasteiger partial charge is 0.376 e. The molecule has 0 fully saturated rings. The number of hydrogen-bond acceptors (Lipinski definition) is 5. The van der Waals surface area contributed by atoms with Crippen LogP contribution in [0, 0.1) is 0 Å². The van der Waals surface area contributed by atoms with Gasteiger partial charge in [-0.2, -0.15) is 0 Å². The van der Waals surface area contributed by atoms with Crippen molar-refractivity contribution in [3.05, 3.63) is 12.1 Å². The van der Waals surface area contributed by atoms with Crippen molar-refractivity contribution in [3.8, 4) is 5.88 Å². The SMILES string of the molecule is CSc1ccc(OP(O)(O)=S)nn1. The van der Waals surface area contributed by atoms with Crippen molar-refractivity contribution in [2.24, 2.45) is 0 Å². The molecule has 0 aromatic carbocycles. The Morgan fingerprint density at radius 3 is 2.54 bits per heavy atom. The minimum Gasteiger partial charge on any atom is -0.404 e. The Morgan fingerprint density at radius 2 is 2.15 bits per heavy atom. The molecular formula is C5H7N2O3PS2. The van der Waals surface area contributed by atoms with Gasteiger partial charge in [-0.1, -0.05) is 0 Å². The second-order valence-corrected chi connectivity index (χ2v) is 5.41. The van der Waals surface area contributed by atoms with E-state index in [-0.39, 0.29) is 5.88 Å². The average molecular weight is 238 g/mol. The third-order valence-electron chi connectivity index (χ3n) is 1.04. The Labute approximate surface area is 84.4 Å². The van der Waals surface area contributed by atoms with Gasteiger partial charge in [-0.3, -0.25) is 0 Å². The number of aromatic nitrogens is 2. The summed E-state index contributed by atoms with van der Waals surface area (Å²) in [5.41, 5.74) is 0. The zero-order valence-electron chi connectivity index (χ0n) is 6.62. The van der Waals surface area contributed by atoms with Crippen molar-refractivity contribution in [1.29, 1.82) is 0 Å². The first-order valence-corrected chi connectivity index (χ1v) is 6.99. The lowest BCUT2D eigenvalue weighted by Crippen LogP contribution is -1.94. The lowest BCUT2D eigenvalue weighted by Gasteiger charge is -2.07. The van der Waals surface area contributed by atoms with Crippen molar-refractivity contribution in [2.45, 2.75) is 5.03 Å². The molecule has 0 aliphatic rings. The van der Waals surface area contributed by atoms with Gasteiger partial charge in [-0.25, -0.2) is 0 Å². The molecule has 1 aromatic rings. The van der Waals surface area contributed by atoms with Crippen LogP contribution in [0.5, 0.6) is 5.88 Å². The minimum atomic E-state index is -3.69. The predicted molar refractivity (Wildman–Crippen MR) is 53.2 cm³/mol. The normalized spacial score (nSPS) is 11.3. The summed E-state index contributed by atoms with van der Waals surface area (Å²) in [5, 5.41) is 8.02. The molecule has 1 rings (SSSR count). The summed E-state index contributed by atoms with van der Waals surface area (Å²) in [6, 6.07) is 3.13. The van der Waals surface area contributed by atoms with Crippen LogP contribution >= 0.6 is 18.5 Å². The monoisotopic (exact) mass is 238 g/mol. The maximum absolute atomic E-state index is 8.78. The summed E-state index contributed by atoms with van der Waals surface area (Å²) in [7, 11) is 0. The van der Waals surface area contributed by atoms with Crippen molar-refractivity contribution in [2.75, 3.05) is 6.26 Å². The Balaban J connectivity index is 2.76. The highest BCUT2D eigenvalue weighted by Crippen LogP contribution is 2.36. The van der Waals surface area contributed by atoms with E-state index in [1.165, 1.54) is 17.8 Å². The van der Waals surface area contributed by atoms with Crippen LogP contribution < -0.4 is 4.52 Å². The largest absolute Gasteiger partial charge is 0.404 e. The lowest BCUT2D eigenvalue weighted by atomic mass is 10.6. The van der Waals surface area contributed by atoms with Crippen LogP contribution in [0.2, 0.25) is 0 Å². The van der Waals surface area contributed by atoms with Gasteiger partial charge in [0.15, 0.2) is 0 Å². The number of rotatable bonds is 3. The maximum atomic E-state index is 8.78. The molecular weight excluding hydrogens is 231 g/mol. The van der Waals surface area contributed by atoms with Crippen molar-refractivity contribution < 1.29 is 14.3 Å². The molecule has 0 saturated heterocycles. The predicted octanol–water partition coefficient (Wildman–Crippen LogP) is 0.786. The minimum absolute atomic E-state index is 0.0196. The first-order chi connectivity index (χ1) is 6.01. The van der Waals surface area contributed by atoms with Gasteiger partial charge in [0.05, 0.1) is 0 Å². The van der Waals surface area contributed by atoms with E-state index in [2.05, 4.69) is 26.5 Å². The van der Waals surface area contributed by atoms with E-state index in [4.69, 9.17) is 9.79 Å². The van der Waals surface area contributed by atoms with E-state index in [0.717, 1.165) is 5.03 Å². The van der Waals surface area contributed by atoms with E-state index < -0.39 is 6.72 Å². The highest BCUT2D eigenvalue weighted by atomic mass is 32.5. The van der Waals surface area contributed by atoms with E-state index in [9.17, 15) is 0 Å². The van der Waals surface area contributed by atoms with Gasteiger partial charge < -0.3 is 14.3 Å². The van der Waals surface area contributed by atoms with Crippen LogP contribution in [0.3, 0.4) is 0 Å². The molecule has 0 unspecified atom stereocenters. The Kier molecular flexibility index (Phi) is 3.63. The van der Waals surface area contributed by atoms with Crippen LogP contribution in [0.1, 0.15) is 0 Å². The van der Waals surface area contributed by atoms with Crippen LogP contribution in [0.25, 0.3) is 0 Å². The highest BCUT2D eigenvalue weighted by molar-refractivity contribution is 8.06. The average Bonchev–Trinajstić information content (AvgIpc) is 2.03. The van der Waals surface area contributed by atoms with Gasteiger partial charge in [-0.05, 0) is 12.3 Å². The molecule has 0 aliphatic heterocycles. The number of nitrogens with zero attached hydrogens (tertiary/aromatic N) is 2. The molecule has 0 aliphatic carbocycles. The third-order valence-corrected chi connectivity index (χ3v) is 2.32. The molecule has 0 saturated carbocycles. The lowest BCUT2D eigenvalue weighted by molar-refractivity contribution is 0.362. The first-order valence-electron chi connectivity index (χ1n) is 3.14. The Morgan fingerprint density at radius 1 is 1.46 bits per heavy atom. The quantitative estimate of drug-likeness (QED) is 0.595. The third kappa shape index (κ3) is 4.02. The molecule has 0 radical (unpaired) electrons. The summed E-state index contributed by atoms with van der Waals surface area (Å²) in [6.45, 7) is -3.69. The van der Waals surface area contributed by atoms with Crippen LogP contribution in [-0.2, 0) is 11.8 Å². The molecule has 0 bridgehead atoms. The van der Waals surface area contributed by atoms with Crippen molar-refractivity contribution in [3.63, 3.8) is 0 Å². The van der Waals surface area contributed by atoms with Crippen LogP contribution in [-0.4, -0.2) is 26.2 Å². The molecule has 1 aromatic heterocycles. The summed E-state index contributed by atoms with van der Waals surface area (Å²) >= 11 is 5.68. The molecule has 0 amide bonds. The second-order valence-electron chi connectivity index (χ2n) is 2.00. The second kappa shape index (κ2) is 4.34. The Hall–Kier alpha value is -0.200. The molecule has 1 heterocycles. The zero-order chi connectivity index (χ0) is 9.90. The van der Waals surface area contributed by atoms with E-state index in [0.29, 0.717) is 0 Å². The molecule has 72 valence electrons. The summed E-state index contributed by atoms with van der Waals surface area (Å²) in [5.74, 6) is 0.0196. The number of thioether (sulfide) groups is 1. The standard InChI is InChI=1S/C5H7N2O3PS2/c1-13-5-3-2-4(6-7-5)10-11(8,9)12/h2-3H,1H3,(H2,8,9,12). The molecule has 0 spiro atoms.